The Morgan fingerprint density at radius 2 is 2.10 bits per heavy atom. The first-order valence-electron chi connectivity index (χ1n) is 6.04. The molecule has 0 amide bonds. The maximum atomic E-state index is 12.3. The lowest BCUT2D eigenvalue weighted by Gasteiger charge is -2.11. The van der Waals surface area contributed by atoms with Crippen LogP contribution < -0.4 is 4.72 Å². The number of nitrogens with one attached hydrogen (secondary N) is 1. The van der Waals surface area contributed by atoms with Gasteiger partial charge in [-0.15, -0.1) is 11.3 Å². The second kappa shape index (κ2) is 5.92. The molecule has 0 atom stereocenters. The Labute approximate surface area is 126 Å². The molecule has 0 fully saturated rings. The van der Waals surface area contributed by atoms with E-state index in [1.165, 1.54) is 23.5 Å². The number of hydrogen-bond acceptors (Lipinski definition) is 5. The Morgan fingerprint density at radius 1 is 1.38 bits per heavy atom. The summed E-state index contributed by atoms with van der Waals surface area (Å²) >= 11 is 1.34. The van der Waals surface area contributed by atoms with Gasteiger partial charge in [0.15, 0.2) is 0 Å². The molecule has 112 valence electrons. The molecule has 8 heteroatoms. The van der Waals surface area contributed by atoms with Gasteiger partial charge >= 0.3 is 5.97 Å². The lowest BCUT2D eigenvalue weighted by atomic mass is 10.1. The van der Waals surface area contributed by atoms with Gasteiger partial charge in [-0.25, -0.2) is 22.9 Å². The third kappa shape index (κ3) is 3.46. The highest BCUT2D eigenvalue weighted by molar-refractivity contribution is 7.89. The zero-order valence-electron chi connectivity index (χ0n) is 11.5. The summed E-state index contributed by atoms with van der Waals surface area (Å²) in [7, 11) is -3.79. The molecule has 0 saturated heterocycles. The highest BCUT2D eigenvalue weighted by atomic mass is 32.2. The number of thiazole rings is 1. The standard InChI is InChI=1S/C13H14N2O4S2/c1-8-5-10(13(16)17)6-11(9(8)2)21(18,19)15-7-12-14-3-4-20-12/h3-6,15H,7H2,1-2H3,(H,16,17). The van der Waals surface area contributed by atoms with Crippen molar-refractivity contribution in [3.8, 4) is 0 Å². The molecule has 0 aliphatic heterocycles. The lowest BCUT2D eigenvalue weighted by Crippen LogP contribution is -2.24. The largest absolute Gasteiger partial charge is 0.478 e. The van der Waals surface area contributed by atoms with E-state index in [0.717, 1.165) is 0 Å². The molecule has 1 aromatic heterocycles. The zero-order chi connectivity index (χ0) is 15.6. The van der Waals surface area contributed by atoms with Gasteiger partial charge in [-0.3, -0.25) is 0 Å². The predicted octanol–water partition coefficient (Wildman–Crippen LogP) is 1.94. The third-order valence-corrected chi connectivity index (χ3v) is 5.36. The zero-order valence-corrected chi connectivity index (χ0v) is 13.1. The fraction of sp³-hybridized carbons (Fsp3) is 0.231. The Bertz CT molecular complexity index is 768. The Balaban J connectivity index is 2.37. The normalized spacial score (nSPS) is 11.5. The minimum absolute atomic E-state index is 0.0172. The molecule has 0 saturated carbocycles. The smallest absolute Gasteiger partial charge is 0.335 e. The van der Waals surface area contributed by atoms with E-state index in [9.17, 15) is 13.2 Å². The maximum absolute atomic E-state index is 12.3. The van der Waals surface area contributed by atoms with Gasteiger partial charge in [-0.1, -0.05) is 0 Å². The fourth-order valence-corrected chi connectivity index (χ4v) is 3.78. The number of carboxylic acids is 1. The van der Waals surface area contributed by atoms with Gasteiger partial charge in [0.05, 0.1) is 17.0 Å². The van der Waals surface area contributed by atoms with Crippen molar-refractivity contribution in [3.63, 3.8) is 0 Å². The molecule has 0 aliphatic rings. The third-order valence-electron chi connectivity index (χ3n) is 3.05. The van der Waals surface area contributed by atoms with Crippen LogP contribution in [0.5, 0.6) is 0 Å². The highest BCUT2D eigenvalue weighted by Gasteiger charge is 2.20. The number of carbonyl (C=O) groups is 1. The second-order valence-corrected chi connectivity index (χ2v) is 7.19. The van der Waals surface area contributed by atoms with Crippen LogP contribution in [-0.4, -0.2) is 24.5 Å². The molecule has 0 spiro atoms. The Hall–Kier alpha value is -1.77. The summed E-state index contributed by atoms with van der Waals surface area (Å²) in [5, 5.41) is 11.4. The van der Waals surface area contributed by atoms with Crippen molar-refractivity contribution < 1.29 is 18.3 Å². The summed E-state index contributed by atoms with van der Waals surface area (Å²) in [6, 6.07) is 2.63. The molecule has 0 aliphatic carbocycles. The first-order chi connectivity index (χ1) is 9.81. The number of nitrogens with zero attached hydrogens (tertiary/aromatic N) is 1. The van der Waals surface area contributed by atoms with Crippen molar-refractivity contribution in [2.75, 3.05) is 0 Å². The minimum Gasteiger partial charge on any atom is -0.478 e. The minimum atomic E-state index is -3.79. The van der Waals surface area contributed by atoms with Gasteiger partial charge < -0.3 is 5.11 Å². The molecule has 2 aromatic rings. The topological polar surface area (TPSA) is 96.4 Å². The van der Waals surface area contributed by atoms with Gasteiger partial charge in [0, 0.05) is 11.6 Å². The van der Waals surface area contributed by atoms with E-state index < -0.39 is 16.0 Å². The molecular weight excluding hydrogens is 312 g/mol. The van der Waals surface area contributed by atoms with Gasteiger partial charge in [-0.2, -0.15) is 0 Å². The number of rotatable bonds is 5. The number of sulfonamides is 1. The van der Waals surface area contributed by atoms with Crippen LogP contribution in [0.4, 0.5) is 0 Å². The number of aryl methyl sites for hydroxylation is 1. The second-order valence-electron chi connectivity index (χ2n) is 4.47. The van der Waals surface area contributed by atoms with Crippen LogP contribution in [0.3, 0.4) is 0 Å². The van der Waals surface area contributed by atoms with E-state index in [1.54, 1.807) is 25.4 Å². The van der Waals surface area contributed by atoms with E-state index in [1.807, 2.05) is 0 Å². The first-order valence-corrected chi connectivity index (χ1v) is 8.40. The fourth-order valence-electron chi connectivity index (χ4n) is 1.80. The molecule has 21 heavy (non-hydrogen) atoms. The number of hydrogen-bond donors (Lipinski definition) is 2. The summed E-state index contributed by atoms with van der Waals surface area (Å²) in [6.45, 7) is 3.41. The number of benzene rings is 1. The summed E-state index contributed by atoms with van der Waals surface area (Å²) in [5.74, 6) is -1.16. The quantitative estimate of drug-likeness (QED) is 0.875. The molecule has 2 N–H and O–H groups in total. The van der Waals surface area contributed by atoms with Crippen LogP contribution in [0.2, 0.25) is 0 Å². The van der Waals surface area contributed by atoms with Crippen LogP contribution in [0.15, 0.2) is 28.6 Å². The Morgan fingerprint density at radius 3 is 2.67 bits per heavy atom. The van der Waals surface area contributed by atoms with E-state index in [0.29, 0.717) is 16.1 Å². The predicted molar refractivity (Wildman–Crippen MR) is 79.0 cm³/mol. The molecule has 1 heterocycles. The van der Waals surface area contributed by atoms with Crippen LogP contribution >= 0.6 is 11.3 Å². The van der Waals surface area contributed by atoms with Gasteiger partial charge in [0.2, 0.25) is 10.0 Å². The van der Waals surface area contributed by atoms with Gasteiger partial charge in [-0.05, 0) is 37.1 Å². The van der Waals surface area contributed by atoms with E-state index in [4.69, 9.17) is 5.11 Å². The van der Waals surface area contributed by atoms with E-state index in [2.05, 4.69) is 9.71 Å². The van der Waals surface area contributed by atoms with Crippen molar-refractivity contribution in [1.82, 2.24) is 9.71 Å². The van der Waals surface area contributed by atoms with Crippen molar-refractivity contribution in [3.05, 3.63) is 45.4 Å². The van der Waals surface area contributed by atoms with Crippen molar-refractivity contribution >= 4 is 27.3 Å². The van der Waals surface area contributed by atoms with Crippen molar-refractivity contribution in [2.45, 2.75) is 25.3 Å². The average Bonchev–Trinajstić information content (AvgIpc) is 2.92. The molecule has 0 bridgehead atoms. The average molecular weight is 326 g/mol. The van der Waals surface area contributed by atoms with E-state index in [-0.39, 0.29) is 17.0 Å². The number of aromatic carboxylic acids is 1. The first kappa shape index (κ1) is 15.6. The van der Waals surface area contributed by atoms with Crippen LogP contribution in [0, 0.1) is 13.8 Å². The Kier molecular flexibility index (Phi) is 4.40. The van der Waals surface area contributed by atoms with Crippen LogP contribution in [0.25, 0.3) is 0 Å². The number of carboxylic acid groups (broad SMARTS) is 1. The number of aromatic nitrogens is 1. The summed E-state index contributed by atoms with van der Waals surface area (Å²) in [6.07, 6.45) is 1.59. The molecule has 0 radical (unpaired) electrons. The van der Waals surface area contributed by atoms with Crippen molar-refractivity contribution in [1.29, 1.82) is 0 Å². The molecule has 0 unspecified atom stereocenters. The van der Waals surface area contributed by atoms with Crippen LogP contribution in [-0.2, 0) is 16.6 Å². The summed E-state index contributed by atoms with van der Waals surface area (Å²) in [5.41, 5.74) is 1.10. The van der Waals surface area contributed by atoms with E-state index >= 15 is 0 Å². The molecular formula is C13H14N2O4S2. The van der Waals surface area contributed by atoms with Gasteiger partial charge in [0.1, 0.15) is 5.01 Å². The van der Waals surface area contributed by atoms with Gasteiger partial charge in [0.25, 0.3) is 0 Å². The maximum Gasteiger partial charge on any atom is 0.335 e. The molecule has 1 aromatic carbocycles. The molecule has 2 rings (SSSR count). The summed E-state index contributed by atoms with van der Waals surface area (Å²) < 4.78 is 27.1. The SMILES string of the molecule is Cc1cc(C(=O)O)cc(S(=O)(=O)NCc2nccs2)c1C. The monoisotopic (exact) mass is 326 g/mol. The van der Waals surface area contributed by atoms with Crippen molar-refractivity contribution in [2.24, 2.45) is 0 Å². The molecule has 6 nitrogen and oxygen atoms in total. The lowest BCUT2D eigenvalue weighted by molar-refractivity contribution is 0.0696. The summed E-state index contributed by atoms with van der Waals surface area (Å²) in [4.78, 5) is 15.0. The highest BCUT2D eigenvalue weighted by Crippen LogP contribution is 2.21. The van der Waals surface area contributed by atoms with Crippen LogP contribution in [0.1, 0.15) is 26.5 Å².